The Hall–Kier alpha value is -2.71. The molecule has 156 valence electrons. The van der Waals surface area contributed by atoms with Gasteiger partial charge in [0.25, 0.3) is 0 Å². The number of hydrogen-bond acceptors (Lipinski definition) is 4. The molecule has 0 fully saturated rings. The topological polar surface area (TPSA) is 42.6 Å². The zero-order chi connectivity index (χ0) is 21.3. The van der Waals surface area contributed by atoms with Crippen molar-refractivity contribution in [3.05, 3.63) is 70.0 Å². The average Bonchev–Trinajstić information content (AvgIpc) is 3.37. The average molecular weight is 455 g/mol. The van der Waals surface area contributed by atoms with E-state index in [9.17, 15) is 13.2 Å². The van der Waals surface area contributed by atoms with E-state index in [-0.39, 0.29) is 28.0 Å². The summed E-state index contributed by atoms with van der Waals surface area (Å²) in [5.41, 5.74) is 0.225. The molecule has 3 aromatic rings. The van der Waals surface area contributed by atoms with Gasteiger partial charge >= 0.3 is 6.18 Å². The molecule has 1 aliphatic heterocycles. The molecule has 4 rings (SSSR count). The van der Waals surface area contributed by atoms with Crippen LogP contribution in [-0.2, 0) is 12.8 Å². The Balaban J connectivity index is 1.60. The Morgan fingerprint density at radius 2 is 1.73 bits per heavy atom. The first-order chi connectivity index (χ1) is 14.3. The van der Waals surface area contributed by atoms with Gasteiger partial charge in [-0.2, -0.15) is 18.3 Å². The van der Waals surface area contributed by atoms with Crippen LogP contribution in [0.1, 0.15) is 11.4 Å². The van der Waals surface area contributed by atoms with Gasteiger partial charge in [-0.3, -0.25) is 4.99 Å². The molecule has 0 amide bonds. The molecular weight excluding hydrogens is 440 g/mol. The molecule has 0 radical (unpaired) electrons. The molecule has 2 heterocycles. The van der Waals surface area contributed by atoms with Crippen LogP contribution >= 0.6 is 23.2 Å². The van der Waals surface area contributed by atoms with Crippen molar-refractivity contribution in [2.75, 3.05) is 18.0 Å². The van der Waals surface area contributed by atoms with E-state index in [1.54, 1.807) is 24.5 Å². The first-order valence-electron chi connectivity index (χ1n) is 8.93. The summed E-state index contributed by atoms with van der Waals surface area (Å²) in [6.45, 7) is 1.39. The lowest BCUT2D eigenvalue weighted by molar-refractivity contribution is -0.141. The normalized spacial score (nSPS) is 13.8. The Bertz CT molecular complexity index is 1060. The van der Waals surface area contributed by atoms with E-state index in [4.69, 9.17) is 27.9 Å². The van der Waals surface area contributed by atoms with Crippen LogP contribution in [0, 0.1) is 0 Å². The van der Waals surface area contributed by atoms with E-state index in [0.29, 0.717) is 5.75 Å². The Morgan fingerprint density at radius 3 is 2.33 bits per heavy atom. The summed E-state index contributed by atoms with van der Waals surface area (Å²) in [6.07, 6.45) is -2.85. The zero-order valence-electron chi connectivity index (χ0n) is 15.4. The van der Waals surface area contributed by atoms with Gasteiger partial charge in [-0.15, -0.1) is 0 Å². The Labute approximate surface area is 180 Å². The number of rotatable bonds is 5. The lowest BCUT2D eigenvalue weighted by Crippen LogP contribution is -2.17. The smallest absolute Gasteiger partial charge is 0.435 e. The van der Waals surface area contributed by atoms with Gasteiger partial charge in [0.05, 0.1) is 28.6 Å². The van der Waals surface area contributed by atoms with Gasteiger partial charge in [0.1, 0.15) is 18.0 Å². The largest absolute Gasteiger partial charge is 0.487 e. The van der Waals surface area contributed by atoms with E-state index in [0.717, 1.165) is 29.5 Å². The van der Waals surface area contributed by atoms with Crippen LogP contribution in [0.4, 0.5) is 18.9 Å². The summed E-state index contributed by atoms with van der Waals surface area (Å²) in [7, 11) is 0. The highest BCUT2D eigenvalue weighted by Gasteiger charge is 2.35. The molecule has 1 aliphatic rings. The summed E-state index contributed by atoms with van der Waals surface area (Å²) < 4.78 is 46.6. The van der Waals surface area contributed by atoms with Crippen molar-refractivity contribution in [2.45, 2.75) is 12.8 Å². The third-order valence-electron chi connectivity index (χ3n) is 4.47. The van der Waals surface area contributed by atoms with Crippen molar-refractivity contribution < 1.29 is 17.9 Å². The van der Waals surface area contributed by atoms with Gasteiger partial charge < -0.3 is 9.64 Å². The summed E-state index contributed by atoms with van der Waals surface area (Å²) in [6, 6.07) is 12.8. The zero-order valence-corrected chi connectivity index (χ0v) is 16.9. The molecule has 0 unspecified atom stereocenters. The molecule has 0 spiro atoms. The molecule has 5 nitrogen and oxygen atoms in total. The van der Waals surface area contributed by atoms with Crippen molar-refractivity contribution in [2.24, 2.45) is 4.99 Å². The van der Waals surface area contributed by atoms with Crippen LogP contribution in [0.25, 0.3) is 5.69 Å². The number of ether oxygens (including phenoxy) is 1. The summed E-state index contributed by atoms with van der Waals surface area (Å²) in [4.78, 5) is 6.15. The molecule has 0 N–H and O–H groups in total. The van der Waals surface area contributed by atoms with Crippen LogP contribution in [-0.4, -0.2) is 29.2 Å². The summed E-state index contributed by atoms with van der Waals surface area (Å²) >= 11 is 12.3. The first kappa shape index (κ1) is 20.6. The molecule has 0 aliphatic carbocycles. The molecule has 0 saturated carbocycles. The quantitative estimate of drug-likeness (QED) is 0.501. The van der Waals surface area contributed by atoms with Crippen LogP contribution in [0.5, 0.6) is 5.75 Å². The van der Waals surface area contributed by atoms with Crippen molar-refractivity contribution >= 4 is 35.2 Å². The second kappa shape index (κ2) is 8.20. The number of nitrogens with zero attached hydrogens (tertiary/aromatic N) is 4. The molecule has 0 saturated heterocycles. The van der Waals surface area contributed by atoms with Crippen LogP contribution in [0.15, 0.2) is 53.5 Å². The lowest BCUT2D eigenvalue weighted by Gasteiger charge is -2.15. The predicted molar refractivity (Wildman–Crippen MR) is 110 cm³/mol. The second-order valence-corrected chi connectivity index (χ2v) is 7.31. The minimum absolute atomic E-state index is 0.158. The van der Waals surface area contributed by atoms with Crippen LogP contribution in [0.3, 0.4) is 0 Å². The maximum absolute atomic E-state index is 13.3. The highest BCUT2D eigenvalue weighted by molar-refractivity contribution is 6.37. The van der Waals surface area contributed by atoms with E-state index < -0.39 is 11.9 Å². The molecule has 10 heteroatoms. The minimum Gasteiger partial charge on any atom is -0.487 e. The van der Waals surface area contributed by atoms with Gasteiger partial charge in [-0.05, 0) is 42.5 Å². The van der Waals surface area contributed by atoms with E-state index in [1.165, 1.54) is 12.1 Å². The monoisotopic (exact) mass is 454 g/mol. The van der Waals surface area contributed by atoms with Gasteiger partial charge in [-0.1, -0.05) is 29.3 Å². The second-order valence-electron chi connectivity index (χ2n) is 6.50. The highest BCUT2D eigenvalue weighted by Crippen LogP contribution is 2.34. The Morgan fingerprint density at radius 1 is 1.03 bits per heavy atom. The Kier molecular flexibility index (Phi) is 5.62. The number of anilines is 1. The number of halogens is 5. The fourth-order valence-corrected chi connectivity index (χ4v) is 3.57. The third-order valence-corrected chi connectivity index (χ3v) is 5.08. The number of aromatic nitrogens is 2. The van der Waals surface area contributed by atoms with Crippen LogP contribution < -0.4 is 9.64 Å². The number of aliphatic imine (C=N–C) groups is 1. The maximum atomic E-state index is 13.3. The van der Waals surface area contributed by atoms with E-state index in [1.807, 2.05) is 17.0 Å². The number of benzene rings is 2. The molecule has 0 bridgehead atoms. The summed E-state index contributed by atoms with van der Waals surface area (Å²) in [5, 5.41) is 4.03. The number of alkyl halides is 3. The molecular formula is C20H15Cl2F3N4O. The lowest BCUT2D eigenvalue weighted by atomic mass is 10.2. The molecule has 2 aromatic carbocycles. The van der Waals surface area contributed by atoms with Gasteiger partial charge in [0, 0.05) is 12.2 Å². The fourth-order valence-electron chi connectivity index (χ4n) is 3.01. The summed E-state index contributed by atoms with van der Waals surface area (Å²) in [5.74, 6) is 0.501. The van der Waals surface area contributed by atoms with E-state index >= 15 is 0 Å². The van der Waals surface area contributed by atoms with Crippen molar-refractivity contribution in [1.29, 1.82) is 0 Å². The highest BCUT2D eigenvalue weighted by atomic mass is 35.5. The molecule has 30 heavy (non-hydrogen) atoms. The standard InChI is InChI=1S/C20H15Cl2F3N4O/c21-16-2-1-3-17(22)19(16)29-14(10-18(27-29)20(23,24)25)11-30-15-6-4-13(5-7-15)28-9-8-26-12-28/h1-7,10,12H,8-9,11H2. The predicted octanol–water partition coefficient (Wildman–Crippen LogP) is 5.63. The number of para-hydroxylation sites is 1. The van der Waals surface area contributed by atoms with Crippen molar-refractivity contribution in [3.8, 4) is 11.4 Å². The third kappa shape index (κ3) is 4.24. The van der Waals surface area contributed by atoms with Crippen molar-refractivity contribution in [3.63, 3.8) is 0 Å². The first-order valence-corrected chi connectivity index (χ1v) is 9.68. The fraction of sp³-hybridized carbons (Fsp3) is 0.200. The van der Waals surface area contributed by atoms with Gasteiger partial charge in [-0.25, -0.2) is 4.68 Å². The number of hydrogen-bond donors (Lipinski definition) is 0. The van der Waals surface area contributed by atoms with Crippen LogP contribution in [0.2, 0.25) is 10.0 Å². The molecule has 0 atom stereocenters. The van der Waals surface area contributed by atoms with Crippen molar-refractivity contribution in [1.82, 2.24) is 9.78 Å². The van der Waals surface area contributed by atoms with E-state index in [2.05, 4.69) is 10.1 Å². The van der Waals surface area contributed by atoms with Gasteiger partial charge in [0.2, 0.25) is 0 Å². The minimum atomic E-state index is -4.62. The maximum Gasteiger partial charge on any atom is 0.435 e. The SMILES string of the molecule is FC(F)(F)c1cc(COc2ccc(N3C=NCC3)cc2)n(-c2c(Cl)cccc2Cl)n1. The van der Waals surface area contributed by atoms with Gasteiger partial charge in [0.15, 0.2) is 5.69 Å². The molecule has 1 aromatic heterocycles.